The number of anilines is 1. The van der Waals surface area contributed by atoms with Crippen LogP contribution in [-0.4, -0.2) is 42.1 Å². The zero-order valence-corrected chi connectivity index (χ0v) is 19.0. The van der Waals surface area contributed by atoms with Crippen LogP contribution in [0.4, 0.5) is 10.1 Å². The number of thiophene rings is 1. The molecule has 0 N–H and O–H groups in total. The second kappa shape index (κ2) is 8.45. The van der Waals surface area contributed by atoms with E-state index in [2.05, 4.69) is 44.4 Å². The van der Waals surface area contributed by atoms with Crippen LogP contribution in [0.2, 0.25) is 0 Å². The Bertz CT molecular complexity index is 1240. The van der Waals surface area contributed by atoms with E-state index in [0.29, 0.717) is 12.0 Å². The van der Waals surface area contributed by atoms with Gasteiger partial charge in [0.15, 0.2) is 0 Å². The Morgan fingerprint density at radius 3 is 2.56 bits per heavy atom. The van der Waals surface area contributed by atoms with Crippen LogP contribution in [-0.2, 0) is 0 Å². The van der Waals surface area contributed by atoms with Crippen molar-refractivity contribution in [2.24, 2.45) is 0 Å². The first-order valence-electron chi connectivity index (χ1n) is 11.8. The SMILES string of the molecule is Fc1cc(N2CCN([C@H]3CC[C@H](c4csc5ccccc54)CC3)CC2)c2ncccc2c1. The topological polar surface area (TPSA) is 19.4 Å². The van der Waals surface area contributed by atoms with Crippen LogP contribution in [0.25, 0.3) is 21.0 Å². The van der Waals surface area contributed by atoms with Gasteiger partial charge in [-0.25, -0.2) is 4.39 Å². The molecule has 0 amide bonds. The Morgan fingerprint density at radius 2 is 1.72 bits per heavy atom. The van der Waals surface area contributed by atoms with Gasteiger partial charge in [-0.05, 0) is 72.2 Å². The molecular weight excluding hydrogens is 417 g/mol. The van der Waals surface area contributed by atoms with Gasteiger partial charge in [0.2, 0.25) is 0 Å². The third-order valence-electron chi connectivity index (χ3n) is 7.47. The summed E-state index contributed by atoms with van der Waals surface area (Å²) in [5, 5.41) is 4.74. The molecule has 0 atom stereocenters. The average molecular weight is 446 g/mol. The van der Waals surface area contributed by atoms with Gasteiger partial charge in [0, 0.05) is 48.5 Å². The van der Waals surface area contributed by atoms with E-state index >= 15 is 0 Å². The van der Waals surface area contributed by atoms with E-state index in [1.54, 1.807) is 23.9 Å². The number of fused-ring (bicyclic) bond motifs is 2. The lowest BCUT2D eigenvalue weighted by Crippen LogP contribution is -2.51. The summed E-state index contributed by atoms with van der Waals surface area (Å²) in [6, 6.07) is 16.6. The van der Waals surface area contributed by atoms with Crippen molar-refractivity contribution in [3.63, 3.8) is 0 Å². The normalized spacial score (nSPS) is 22.6. The number of halogens is 1. The molecule has 164 valence electrons. The molecule has 0 unspecified atom stereocenters. The molecule has 2 fully saturated rings. The van der Waals surface area contributed by atoms with E-state index in [4.69, 9.17) is 0 Å². The fourth-order valence-corrected chi connectivity index (χ4v) is 6.82. The van der Waals surface area contributed by atoms with Crippen LogP contribution in [0.15, 0.2) is 60.1 Å². The van der Waals surface area contributed by atoms with Crippen LogP contribution in [0.5, 0.6) is 0 Å². The van der Waals surface area contributed by atoms with Gasteiger partial charge in [0.05, 0.1) is 11.2 Å². The first-order valence-corrected chi connectivity index (χ1v) is 12.6. The van der Waals surface area contributed by atoms with Crippen molar-refractivity contribution in [3.05, 3.63) is 71.5 Å². The minimum Gasteiger partial charge on any atom is -0.367 e. The van der Waals surface area contributed by atoms with Crippen molar-refractivity contribution in [1.82, 2.24) is 9.88 Å². The van der Waals surface area contributed by atoms with E-state index < -0.39 is 0 Å². The summed E-state index contributed by atoms with van der Waals surface area (Å²) >= 11 is 1.89. The fraction of sp³-hybridized carbons (Fsp3) is 0.370. The minimum atomic E-state index is -0.179. The monoisotopic (exact) mass is 445 g/mol. The van der Waals surface area contributed by atoms with Crippen LogP contribution >= 0.6 is 11.3 Å². The summed E-state index contributed by atoms with van der Waals surface area (Å²) in [5.41, 5.74) is 3.42. The predicted octanol–water partition coefficient (Wildman–Crippen LogP) is 6.44. The lowest BCUT2D eigenvalue weighted by Gasteiger charge is -2.42. The molecule has 3 nitrogen and oxygen atoms in total. The highest BCUT2D eigenvalue weighted by atomic mass is 32.1. The minimum absolute atomic E-state index is 0.179. The number of nitrogens with zero attached hydrogens (tertiary/aromatic N) is 3. The highest BCUT2D eigenvalue weighted by Gasteiger charge is 2.30. The Kier molecular flexibility index (Phi) is 5.32. The van der Waals surface area contributed by atoms with Crippen LogP contribution in [0.1, 0.15) is 37.2 Å². The van der Waals surface area contributed by atoms with Gasteiger partial charge >= 0.3 is 0 Å². The van der Waals surface area contributed by atoms with E-state index in [-0.39, 0.29) is 5.82 Å². The zero-order valence-electron chi connectivity index (χ0n) is 18.2. The van der Waals surface area contributed by atoms with Crippen LogP contribution < -0.4 is 4.90 Å². The maximum atomic E-state index is 14.2. The van der Waals surface area contributed by atoms with Crippen molar-refractivity contribution in [2.45, 2.75) is 37.6 Å². The number of piperazine rings is 1. The van der Waals surface area contributed by atoms with Gasteiger partial charge in [-0.2, -0.15) is 0 Å². The highest BCUT2D eigenvalue weighted by Crippen LogP contribution is 2.40. The Labute approximate surface area is 192 Å². The molecule has 3 heterocycles. The second-order valence-corrected chi connectivity index (χ2v) is 10.1. The number of hydrogen-bond donors (Lipinski definition) is 0. The van der Waals surface area contributed by atoms with E-state index in [9.17, 15) is 4.39 Å². The van der Waals surface area contributed by atoms with Crippen molar-refractivity contribution in [3.8, 4) is 0 Å². The molecule has 1 aliphatic heterocycles. The summed E-state index contributed by atoms with van der Waals surface area (Å²) in [7, 11) is 0. The summed E-state index contributed by atoms with van der Waals surface area (Å²) in [6.07, 6.45) is 6.92. The first kappa shape index (κ1) is 20.1. The largest absolute Gasteiger partial charge is 0.367 e. The molecule has 0 radical (unpaired) electrons. The van der Waals surface area contributed by atoms with Gasteiger partial charge in [0.1, 0.15) is 5.82 Å². The molecule has 6 rings (SSSR count). The molecule has 32 heavy (non-hydrogen) atoms. The molecule has 2 aliphatic rings. The second-order valence-electron chi connectivity index (χ2n) is 9.22. The number of benzene rings is 2. The Hall–Kier alpha value is -2.50. The zero-order chi connectivity index (χ0) is 21.5. The van der Waals surface area contributed by atoms with Crippen LogP contribution in [0.3, 0.4) is 0 Å². The lowest BCUT2D eigenvalue weighted by molar-refractivity contribution is 0.141. The van der Waals surface area contributed by atoms with Gasteiger partial charge < -0.3 is 4.90 Å². The molecule has 1 saturated carbocycles. The maximum Gasteiger partial charge on any atom is 0.126 e. The molecule has 1 aliphatic carbocycles. The summed E-state index contributed by atoms with van der Waals surface area (Å²) in [4.78, 5) is 9.53. The van der Waals surface area contributed by atoms with Gasteiger partial charge in [-0.3, -0.25) is 9.88 Å². The Morgan fingerprint density at radius 1 is 0.906 bits per heavy atom. The first-order chi connectivity index (χ1) is 15.8. The van der Waals surface area contributed by atoms with Crippen molar-refractivity contribution >= 4 is 38.0 Å². The molecule has 5 heteroatoms. The molecule has 2 aromatic heterocycles. The van der Waals surface area contributed by atoms with Gasteiger partial charge in [-0.1, -0.05) is 24.3 Å². The quantitative estimate of drug-likeness (QED) is 0.362. The standard InChI is InChI=1S/C27H28FN3S/c28-21-16-20-4-3-11-29-27(20)25(17-21)31-14-12-30(13-15-31)22-9-7-19(8-10-22)24-18-32-26-6-2-1-5-23(24)26/h1-6,11,16-19,22H,7-10,12-15H2/t19-,22-. The lowest BCUT2D eigenvalue weighted by atomic mass is 9.81. The van der Waals surface area contributed by atoms with E-state index in [1.165, 1.54) is 35.8 Å². The molecular formula is C27H28FN3S. The molecule has 2 aromatic carbocycles. The molecule has 0 spiro atoms. The number of aromatic nitrogens is 1. The summed E-state index contributed by atoms with van der Waals surface area (Å²) in [5.74, 6) is 0.524. The third kappa shape index (κ3) is 3.67. The third-order valence-corrected chi connectivity index (χ3v) is 8.45. The summed E-state index contributed by atoms with van der Waals surface area (Å²) in [6.45, 7) is 3.96. The number of pyridine rings is 1. The van der Waals surface area contributed by atoms with Crippen molar-refractivity contribution in [2.75, 3.05) is 31.1 Å². The summed E-state index contributed by atoms with van der Waals surface area (Å²) < 4.78 is 15.6. The Balaban J connectivity index is 1.10. The smallest absolute Gasteiger partial charge is 0.126 e. The fourth-order valence-electron chi connectivity index (χ4n) is 5.77. The van der Waals surface area contributed by atoms with E-state index in [1.807, 2.05) is 23.5 Å². The molecule has 1 saturated heterocycles. The highest BCUT2D eigenvalue weighted by molar-refractivity contribution is 7.17. The molecule has 0 bridgehead atoms. The van der Waals surface area contributed by atoms with Gasteiger partial charge in [0.25, 0.3) is 0 Å². The van der Waals surface area contributed by atoms with Gasteiger partial charge in [-0.15, -0.1) is 11.3 Å². The molecule has 4 aromatic rings. The number of hydrogen-bond acceptors (Lipinski definition) is 4. The predicted molar refractivity (Wildman–Crippen MR) is 132 cm³/mol. The van der Waals surface area contributed by atoms with Crippen LogP contribution in [0, 0.1) is 5.82 Å². The number of rotatable bonds is 3. The maximum absolute atomic E-state index is 14.2. The van der Waals surface area contributed by atoms with Crippen molar-refractivity contribution in [1.29, 1.82) is 0 Å². The van der Waals surface area contributed by atoms with Crippen molar-refractivity contribution < 1.29 is 4.39 Å². The average Bonchev–Trinajstić information content (AvgIpc) is 3.28. The van der Waals surface area contributed by atoms with E-state index in [0.717, 1.165) is 42.8 Å².